The van der Waals surface area contributed by atoms with E-state index in [1.807, 2.05) is 42.5 Å². The molecule has 5 aromatic rings. The van der Waals surface area contributed by atoms with E-state index in [1.54, 1.807) is 43.3 Å². The van der Waals surface area contributed by atoms with Gasteiger partial charge in [0.05, 0.1) is 0 Å². The first-order valence-electron chi connectivity index (χ1n) is 15.4. The summed E-state index contributed by atoms with van der Waals surface area (Å²) in [7, 11) is 0. The molecule has 2 atom stereocenters. The first-order valence-corrected chi connectivity index (χ1v) is 29.9. The summed E-state index contributed by atoms with van der Waals surface area (Å²) in [5.74, 6) is -0.860. The van der Waals surface area contributed by atoms with E-state index in [0.29, 0.717) is 0 Å². The molecule has 6 heteroatoms. The molecule has 0 fully saturated rings. The van der Waals surface area contributed by atoms with Crippen LogP contribution in [-0.2, 0) is 15.3 Å². The SMILES string of the molecule is CC1=Cc2ccccc2[CH]1[Zr]([CH3])(=[SiH2])([O]c1ccccc1F)([O]c1ccccc1F)([c]1ccccc1)[CH]1C(C)=Cc2ccccc21. The molecule has 0 aliphatic heterocycles. The van der Waals surface area contributed by atoms with Crippen LogP contribution in [0.5, 0.6) is 11.5 Å². The summed E-state index contributed by atoms with van der Waals surface area (Å²) < 4.78 is 50.3. The summed E-state index contributed by atoms with van der Waals surface area (Å²) in [6.07, 6.45) is 4.37. The van der Waals surface area contributed by atoms with Crippen molar-refractivity contribution in [2.45, 2.75) is 25.7 Å². The van der Waals surface area contributed by atoms with Gasteiger partial charge in [-0.2, -0.15) is 0 Å². The summed E-state index contributed by atoms with van der Waals surface area (Å²) in [6.45, 7) is 5.97. The van der Waals surface area contributed by atoms with Crippen LogP contribution in [0, 0.1) is 11.6 Å². The monoisotopic (exact) mass is 692 g/mol. The van der Waals surface area contributed by atoms with Crippen LogP contribution in [-0.4, -0.2) is 6.88 Å². The van der Waals surface area contributed by atoms with Crippen molar-refractivity contribution in [2.24, 2.45) is 0 Å². The molecule has 0 saturated carbocycles. The number of hydrogen-bond donors (Lipinski definition) is 0. The molecule has 45 heavy (non-hydrogen) atoms. The van der Waals surface area contributed by atoms with Gasteiger partial charge in [-0.3, -0.25) is 0 Å². The van der Waals surface area contributed by atoms with E-state index < -0.39 is 34.2 Å². The normalized spacial score (nSPS) is 19.5. The van der Waals surface area contributed by atoms with Crippen molar-refractivity contribution < 1.29 is 29.7 Å². The Balaban J connectivity index is 1.82. The first-order chi connectivity index (χ1) is 21.5. The van der Waals surface area contributed by atoms with Gasteiger partial charge in [-0.1, -0.05) is 0 Å². The quantitative estimate of drug-likeness (QED) is 0.158. The second-order valence-corrected chi connectivity index (χ2v) is 51.9. The number of allylic oxidation sites excluding steroid dienone is 2. The number of hydrogen-bond acceptors (Lipinski definition) is 2. The predicted molar refractivity (Wildman–Crippen MR) is 180 cm³/mol. The van der Waals surface area contributed by atoms with Gasteiger partial charge >= 0.3 is 262 Å². The molecule has 0 N–H and O–H groups in total. The van der Waals surface area contributed by atoms with Gasteiger partial charge in [-0.25, -0.2) is 0 Å². The average Bonchev–Trinajstić information content (AvgIpc) is 3.58. The van der Waals surface area contributed by atoms with Crippen LogP contribution in [0.1, 0.15) is 43.4 Å². The minimum atomic E-state index is -7.42. The summed E-state index contributed by atoms with van der Waals surface area (Å²) >= 11 is -7.42. The van der Waals surface area contributed by atoms with Crippen molar-refractivity contribution in [3.63, 3.8) is 0 Å². The van der Waals surface area contributed by atoms with Crippen LogP contribution in [0.4, 0.5) is 8.78 Å². The molecular weight excluding hydrogens is 658 g/mol. The zero-order valence-corrected chi connectivity index (χ0v) is 29.6. The zero-order chi connectivity index (χ0) is 31.6. The number of para-hydroxylation sites is 2. The molecule has 2 aliphatic rings. The Morgan fingerprint density at radius 2 is 0.911 bits per heavy atom. The van der Waals surface area contributed by atoms with Crippen LogP contribution in [0.3, 0.4) is 0 Å². The molecule has 0 amide bonds. The fraction of sp³-hybridized carbons (Fsp3) is 0.128. The van der Waals surface area contributed by atoms with E-state index in [4.69, 9.17) is 5.63 Å². The van der Waals surface area contributed by atoms with Crippen molar-refractivity contribution >= 4 is 22.3 Å². The summed E-state index contributed by atoms with van der Waals surface area (Å²) in [5.41, 5.74) is 6.15. The van der Waals surface area contributed by atoms with E-state index in [1.165, 1.54) is 12.1 Å². The van der Waals surface area contributed by atoms with Crippen LogP contribution in [0.15, 0.2) is 139 Å². The standard InChI is InChI=1S/2C10H9.2C6H5FO.C6H5.CH3.H2Si.Zr/c2*1-8-6-9-4-2-3-5-10(9)7-8;2*7-5-3-1-2-4-6(5)8;1-2-4-6-5-3-1;;;/h2*2-7H,1H3;2*1-4,8H;1-5H;1H3;1H2;/q;;;;;;;+2/p-2. The van der Waals surface area contributed by atoms with Crippen molar-refractivity contribution in [1.29, 1.82) is 0 Å². The Labute approximate surface area is 260 Å². The van der Waals surface area contributed by atoms with Gasteiger partial charge in [0.15, 0.2) is 0 Å². The van der Waals surface area contributed by atoms with Gasteiger partial charge in [-0.15, -0.1) is 0 Å². The molecule has 2 nitrogen and oxygen atoms in total. The molecule has 0 radical (unpaired) electrons. The van der Waals surface area contributed by atoms with Gasteiger partial charge in [0.1, 0.15) is 0 Å². The summed E-state index contributed by atoms with van der Waals surface area (Å²) in [6, 6.07) is 39.6. The predicted octanol–water partition coefficient (Wildman–Crippen LogP) is 9.25. The van der Waals surface area contributed by atoms with Crippen LogP contribution in [0.25, 0.3) is 12.2 Å². The van der Waals surface area contributed by atoms with E-state index in [9.17, 15) is 0 Å². The minimum absolute atomic E-state index is 0.0754. The fourth-order valence-electron chi connectivity index (χ4n) is 9.53. The van der Waals surface area contributed by atoms with Gasteiger partial charge in [0.2, 0.25) is 0 Å². The molecular formula is C39H36F2O2SiZr. The number of benzene rings is 5. The molecule has 7 rings (SSSR count). The fourth-order valence-corrected chi connectivity index (χ4v) is 47.1. The van der Waals surface area contributed by atoms with Crippen molar-refractivity contribution in [3.05, 3.63) is 172 Å². The molecule has 0 heterocycles. The van der Waals surface area contributed by atoms with E-state index >= 15 is 8.78 Å². The third-order valence-corrected chi connectivity index (χ3v) is 44.7. The maximum absolute atomic E-state index is 16.3. The Bertz CT molecular complexity index is 2090. The Morgan fingerprint density at radius 1 is 0.533 bits per heavy atom. The Kier molecular flexibility index (Phi) is 6.19. The number of halogens is 2. The number of rotatable bonds is 7. The second-order valence-electron chi connectivity index (χ2n) is 14.0. The molecule has 0 spiro atoms. The first kappa shape index (κ1) is 29.8. The van der Waals surface area contributed by atoms with Crippen molar-refractivity contribution in [1.82, 2.24) is 0 Å². The molecule has 2 aliphatic carbocycles. The molecule has 0 bridgehead atoms. The molecule has 2 unspecified atom stereocenters. The van der Waals surface area contributed by atoms with Crippen LogP contribution >= 0.6 is 0 Å². The van der Waals surface area contributed by atoms with E-state index in [0.717, 1.165) is 36.7 Å². The van der Waals surface area contributed by atoms with Crippen LogP contribution in [0.2, 0.25) is 4.63 Å². The van der Waals surface area contributed by atoms with E-state index in [-0.39, 0.29) is 11.5 Å². The number of fused-ring (bicyclic) bond motifs is 2. The maximum atomic E-state index is 16.3. The molecule has 226 valence electrons. The molecule has 5 aromatic carbocycles. The third kappa shape index (κ3) is 3.79. The topological polar surface area (TPSA) is 18.5 Å². The molecule has 0 aromatic heterocycles. The van der Waals surface area contributed by atoms with Gasteiger partial charge in [0, 0.05) is 0 Å². The van der Waals surface area contributed by atoms with Gasteiger partial charge < -0.3 is 0 Å². The van der Waals surface area contributed by atoms with Crippen molar-refractivity contribution in [2.75, 3.05) is 0 Å². The Morgan fingerprint density at radius 3 is 1.36 bits per heavy atom. The zero-order valence-electron chi connectivity index (χ0n) is 25.7. The summed E-state index contributed by atoms with van der Waals surface area (Å²) in [5, 5.41) is 0. The summed E-state index contributed by atoms with van der Waals surface area (Å²) in [4.78, 5) is 0. The second kappa shape index (κ2) is 9.34. The Hall–Kier alpha value is -3.86. The van der Waals surface area contributed by atoms with E-state index in [2.05, 4.69) is 67.0 Å². The third-order valence-electron chi connectivity index (χ3n) is 10.9. The van der Waals surface area contributed by atoms with Crippen LogP contribution < -0.4 is 8.90 Å². The average molecular weight is 694 g/mol. The van der Waals surface area contributed by atoms with Crippen molar-refractivity contribution in [3.8, 4) is 11.5 Å². The van der Waals surface area contributed by atoms with Gasteiger partial charge in [-0.05, 0) is 0 Å². The molecule has 0 saturated heterocycles. The van der Waals surface area contributed by atoms with Gasteiger partial charge in [0.25, 0.3) is 0 Å².